The molecule has 20 heavy (non-hydrogen) atoms. The molecule has 0 saturated carbocycles. The molecular weight excluding hydrogens is 252 g/mol. The molecular formula is C16H30N2O2. The molecule has 0 radical (unpaired) electrons. The van der Waals surface area contributed by atoms with Gasteiger partial charge < -0.3 is 14.5 Å². The summed E-state index contributed by atoms with van der Waals surface area (Å²) in [5.41, 5.74) is 0.417. The van der Waals surface area contributed by atoms with Crippen molar-refractivity contribution >= 4 is 5.91 Å². The zero-order valence-electron chi connectivity index (χ0n) is 13.4. The van der Waals surface area contributed by atoms with Crippen molar-refractivity contribution in [2.75, 3.05) is 46.4 Å². The van der Waals surface area contributed by atoms with Crippen LogP contribution >= 0.6 is 0 Å². The van der Waals surface area contributed by atoms with E-state index in [0.717, 1.165) is 65.0 Å². The highest BCUT2D eigenvalue weighted by Gasteiger charge is 2.32. The van der Waals surface area contributed by atoms with Crippen LogP contribution in [0.1, 0.15) is 39.5 Å². The highest BCUT2D eigenvalue weighted by Crippen LogP contribution is 2.31. The second-order valence-corrected chi connectivity index (χ2v) is 7.10. The maximum Gasteiger partial charge on any atom is 0.225 e. The van der Waals surface area contributed by atoms with Gasteiger partial charge >= 0.3 is 0 Å². The van der Waals surface area contributed by atoms with Crippen molar-refractivity contribution in [2.45, 2.75) is 39.5 Å². The summed E-state index contributed by atoms with van der Waals surface area (Å²) in [7, 11) is 1.74. The molecule has 0 aliphatic carbocycles. The normalized spacial score (nSPS) is 24.9. The Kier molecular flexibility index (Phi) is 5.44. The first-order chi connectivity index (χ1) is 9.52. The van der Waals surface area contributed by atoms with Gasteiger partial charge in [-0.2, -0.15) is 0 Å². The number of carbonyl (C=O) groups excluding carboxylic acids is 1. The van der Waals surface area contributed by atoms with Crippen molar-refractivity contribution in [2.24, 2.45) is 11.3 Å². The third-order valence-corrected chi connectivity index (χ3v) is 4.98. The fourth-order valence-electron chi connectivity index (χ4n) is 3.21. The van der Waals surface area contributed by atoms with Gasteiger partial charge in [-0.05, 0) is 44.2 Å². The maximum atomic E-state index is 12.6. The lowest BCUT2D eigenvalue weighted by molar-refractivity contribution is -0.139. The number of amides is 1. The Morgan fingerprint density at radius 1 is 1.15 bits per heavy atom. The molecule has 0 N–H and O–H groups in total. The Morgan fingerprint density at radius 3 is 2.30 bits per heavy atom. The van der Waals surface area contributed by atoms with Gasteiger partial charge in [-0.1, -0.05) is 13.8 Å². The van der Waals surface area contributed by atoms with Crippen molar-refractivity contribution in [1.82, 2.24) is 9.80 Å². The molecule has 4 heteroatoms. The lowest BCUT2D eigenvalue weighted by atomic mass is 9.82. The fourth-order valence-corrected chi connectivity index (χ4v) is 3.21. The summed E-state index contributed by atoms with van der Waals surface area (Å²) < 4.78 is 5.12. The second kappa shape index (κ2) is 6.90. The molecule has 116 valence electrons. The van der Waals surface area contributed by atoms with Crippen LogP contribution in [0.3, 0.4) is 0 Å². The molecule has 0 unspecified atom stereocenters. The van der Waals surface area contributed by atoms with Gasteiger partial charge in [0.15, 0.2) is 0 Å². The molecule has 0 aromatic carbocycles. The Hall–Kier alpha value is -0.610. The first-order valence-electron chi connectivity index (χ1n) is 8.02. The number of hydrogen-bond donors (Lipinski definition) is 0. The van der Waals surface area contributed by atoms with Gasteiger partial charge in [0.1, 0.15) is 0 Å². The van der Waals surface area contributed by atoms with E-state index in [1.165, 1.54) is 0 Å². The van der Waals surface area contributed by atoms with Crippen LogP contribution in [-0.2, 0) is 9.53 Å². The van der Waals surface area contributed by atoms with Crippen molar-refractivity contribution in [3.05, 3.63) is 0 Å². The van der Waals surface area contributed by atoms with E-state index in [9.17, 15) is 4.79 Å². The highest BCUT2D eigenvalue weighted by molar-refractivity contribution is 5.79. The fraction of sp³-hybridized carbons (Fsp3) is 0.938. The molecule has 0 aromatic heterocycles. The maximum absolute atomic E-state index is 12.6. The lowest BCUT2D eigenvalue weighted by Crippen LogP contribution is -2.47. The zero-order chi connectivity index (χ0) is 14.6. The van der Waals surface area contributed by atoms with Crippen molar-refractivity contribution in [3.63, 3.8) is 0 Å². The minimum Gasteiger partial charge on any atom is -0.383 e. The van der Waals surface area contributed by atoms with Crippen LogP contribution in [0.2, 0.25) is 0 Å². The van der Waals surface area contributed by atoms with Gasteiger partial charge in [-0.15, -0.1) is 0 Å². The van der Waals surface area contributed by atoms with Crippen LogP contribution in [0.5, 0.6) is 0 Å². The summed E-state index contributed by atoms with van der Waals surface area (Å²) >= 11 is 0. The Labute approximate surface area is 123 Å². The summed E-state index contributed by atoms with van der Waals surface area (Å²) in [6.07, 6.45) is 4.32. The van der Waals surface area contributed by atoms with E-state index < -0.39 is 0 Å². The van der Waals surface area contributed by atoms with Crippen molar-refractivity contribution < 1.29 is 9.53 Å². The molecule has 0 spiro atoms. The number of methoxy groups -OCH3 is 1. The predicted molar refractivity (Wildman–Crippen MR) is 80.6 cm³/mol. The van der Waals surface area contributed by atoms with E-state index in [1.807, 2.05) is 0 Å². The molecule has 1 amide bonds. The molecule has 2 heterocycles. The number of piperidine rings is 2. The van der Waals surface area contributed by atoms with E-state index >= 15 is 0 Å². The molecule has 2 aliphatic heterocycles. The predicted octanol–water partition coefficient (Wildman–Crippen LogP) is 1.99. The first kappa shape index (κ1) is 15.8. The van der Waals surface area contributed by atoms with E-state index in [4.69, 9.17) is 4.74 Å². The number of rotatable bonds is 4. The number of carbonyl (C=O) groups is 1. The van der Waals surface area contributed by atoms with E-state index in [0.29, 0.717) is 11.3 Å². The summed E-state index contributed by atoms with van der Waals surface area (Å²) in [4.78, 5) is 17.1. The van der Waals surface area contributed by atoms with Gasteiger partial charge in [0.2, 0.25) is 5.91 Å². The summed E-state index contributed by atoms with van der Waals surface area (Å²) in [6, 6.07) is 0. The summed E-state index contributed by atoms with van der Waals surface area (Å²) in [6.45, 7) is 10.4. The van der Waals surface area contributed by atoms with Gasteiger partial charge in [0, 0.05) is 32.7 Å². The van der Waals surface area contributed by atoms with Crippen LogP contribution in [0.15, 0.2) is 0 Å². The standard InChI is InChI=1S/C16H30N2O2/c1-16(2)6-10-18(11-7-16)15(19)14-4-8-17(9-5-14)12-13-20-3/h14H,4-13H2,1-3H3. The lowest BCUT2D eigenvalue weighted by Gasteiger charge is -2.40. The smallest absolute Gasteiger partial charge is 0.225 e. The van der Waals surface area contributed by atoms with Gasteiger partial charge in [-0.25, -0.2) is 0 Å². The molecule has 0 aromatic rings. The van der Waals surface area contributed by atoms with E-state index in [1.54, 1.807) is 7.11 Å². The van der Waals surface area contributed by atoms with Crippen LogP contribution < -0.4 is 0 Å². The van der Waals surface area contributed by atoms with Crippen LogP contribution in [0.25, 0.3) is 0 Å². The van der Waals surface area contributed by atoms with Gasteiger partial charge in [-0.3, -0.25) is 4.79 Å². The van der Waals surface area contributed by atoms with Crippen LogP contribution in [-0.4, -0.2) is 62.1 Å². The van der Waals surface area contributed by atoms with Crippen molar-refractivity contribution in [3.8, 4) is 0 Å². The topological polar surface area (TPSA) is 32.8 Å². The third-order valence-electron chi connectivity index (χ3n) is 4.98. The molecule has 2 aliphatic rings. The SMILES string of the molecule is COCCN1CCC(C(=O)N2CCC(C)(C)CC2)CC1. The number of likely N-dealkylation sites (tertiary alicyclic amines) is 2. The van der Waals surface area contributed by atoms with E-state index in [-0.39, 0.29) is 5.92 Å². The molecule has 2 fully saturated rings. The molecule has 0 bridgehead atoms. The quantitative estimate of drug-likeness (QED) is 0.790. The van der Waals surface area contributed by atoms with Gasteiger partial charge in [0.25, 0.3) is 0 Å². The average molecular weight is 282 g/mol. The zero-order valence-corrected chi connectivity index (χ0v) is 13.4. The number of ether oxygens (including phenoxy) is 1. The second-order valence-electron chi connectivity index (χ2n) is 7.10. The largest absolute Gasteiger partial charge is 0.383 e. The molecule has 4 nitrogen and oxygen atoms in total. The highest BCUT2D eigenvalue weighted by atomic mass is 16.5. The first-order valence-corrected chi connectivity index (χ1v) is 8.02. The number of nitrogens with zero attached hydrogens (tertiary/aromatic N) is 2. The summed E-state index contributed by atoms with van der Waals surface area (Å²) in [5, 5.41) is 0. The number of hydrogen-bond acceptors (Lipinski definition) is 3. The van der Waals surface area contributed by atoms with Crippen molar-refractivity contribution in [1.29, 1.82) is 0 Å². The van der Waals surface area contributed by atoms with Gasteiger partial charge in [0.05, 0.1) is 6.61 Å². The third kappa shape index (κ3) is 4.19. The molecule has 0 atom stereocenters. The minimum absolute atomic E-state index is 0.259. The van der Waals surface area contributed by atoms with Crippen LogP contribution in [0.4, 0.5) is 0 Å². The average Bonchev–Trinajstić information content (AvgIpc) is 2.45. The Bertz CT molecular complexity index is 312. The van der Waals surface area contributed by atoms with Crippen LogP contribution in [0, 0.1) is 11.3 Å². The van der Waals surface area contributed by atoms with E-state index in [2.05, 4.69) is 23.6 Å². The Morgan fingerprint density at radius 2 is 1.75 bits per heavy atom. The molecule has 2 rings (SSSR count). The monoisotopic (exact) mass is 282 g/mol. The Balaban J connectivity index is 1.75. The molecule has 2 saturated heterocycles. The summed E-state index contributed by atoms with van der Waals surface area (Å²) in [5.74, 6) is 0.668. The minimum atomic E-state index is 0.259.